The monoisotopic (exact) mass is 366 g/mol. The Morgan fingerprint density at radius 1 is 0.880 bits per heavy atom. The van der Waals surface area contributed by atoms with Gasteiger partial charge in [-0.2, -0.15) is 4.89 Å². The Morgan fingerprint density at radius 2 is 1.44 bits per heavy atom. The van der Waals surface area contributed by atoms with Crippen molar-refractivity contribution in [2.45, 2.75) is 105 Å². The van der Waals surface area contributed by atoms with Crippen molar-refractivity contribution in [3.63, 3.8) is 0 Å². The molecule has 0 amide bonds. The summed E-state index contributed by atoms with van der Waals surface area (Å²) in [7, 11) is 0. The molecule has 0 fully saturated rings. The van der Waals surface area contributed by atoms with E-state index in [4.69, 9.17) is 9.78 Å². The van der Waals surface area contributed by atoms with Gasteiger partial charge in [-0.25, -0.2) is 19.5 Å². The van der Waals surface area contributed by atoms with Crippen LogP contribution in [0.3, 0.4) is 0 Å². The van der Waals surface area contributed by atoms with Crippen molar-refractivity contribution >= 4 is 6.16 Å². The Morgan fingerprint density at radius 3 is 1.88 bits per heavy atom. The molecule has 0 aromatic rings. The van der Waals surface area contributed by atoms with E-state index in [1.807, 2.05) is 20.8 Å². The van der Waals surface area contributed by atoms with E-state index in [0.717, 1.165) is 13.0 Å². The fraction of sp³-hybridized carbons (Fsp3) is 0.944. The average Bonchev–Trinajstić information content (AvgIpc) is 2.40. The van der Waals surface area contributed by atoms with Crippen LogP contribution in [0.5, 0.6) is 0 Å². The molecule has 0 radical (unpaired) electrons. The summed E-state index contributed by atoms with van der Waals surface area (Å²) in [5.41, 5.74) is -0.705. The lowest BCUT2D eigenvalue weighted by Gasteiger charge is -2.17. The van der Waals surface area contributed by atoms with Crippen LogP contribution in [0.25, 0.3) is 0 Å². The molecule has 0 rings (SSSR count). The minimum Gasteiger partial charge on any atom is -0.430 e. The van der Waals surface area contributed by atoms with E-state index in [2.05, 4.69) is 26.5 Å². The minimum atomic E-state index is -0.917. The maximum atomic E-state index is 10.7. The number of unbranched alkanes of at least 4 members (excludes halogenated alkanes) is 3. The van der Waals surface area contributed by atoms with Gasteiger partial charge in [-0.15, -0.1) is 0 Å². The second-order valence-electron chi connectivity index (χ2n) is 7.84. The van der Waals surface area contributed by atoms with Crippen molar-refractivity contribution in [2.24, 2.45) is 0 Å². The first-order valence-electron chi connectivity index (χ1n) is 8.91. The van der Waals surface area contributed by atoms with E-state index >= 15 is 0 Å². The highest BCUT2D eigenvalue weighted by molar-refractivity contribution is 5.59. The van der Waals surface area contributed by atoms with E-state index in [-0.39, 0.29) is 11.7 Å². The minimum absolute atomic E-state index is 0.176. The average molecular weight is 366 g/mol. The molecule has 0 heterocycles. The van der Waals surface area contributed by atoms with Gasteiger partial charge in [0.15, 0.2) is 0 Å². The smallest absolute Gasteiger partial charge is 0.430 e. The first-order valence-corrected chi connectivity index (χ1v) is 8.91. The topological polar surface area (TPSA) is 72.5 Å². The van der Waals surface area contributed by atoms with Gasteiger partial charge in [0.05, 0.1) is 23.9 Å². The van der Waals surface area contributed by atoms with Crippen LogP contribution in [0, 0.1) is 0 Å². The molecule has 0 aliphatic rings. The van der Waals surface area contributed by atoms with E-state index in [1.54, 1.807) is 34.6 Å². The van der Waals surface area contributed by atoms with Crippen molar-refractivity contribution in [3.8, 4) is 0 Å². The first-order chi connectivity index (χ1) is 11.4. The third kappa shape index (κ3) is 28.2. The molecule has 0 aromatic heterocycles. The van der Waals surface area contributed by atoms with E-state index < -0.39 is 11.8 Å². The molecule has 7 nitrogen and oxygen atoms in total. The Labute approximate surface area is 153 Å². The second kappa shape index (κ2) is 14.3. The quantitative estimate of drug-likeness (QED) is 0.230. The number of carbonyl (C=O) groups is 1. The van der Waals surface area contributed by atoms with Crippen LogP contribution < -0.4 is 0 Å². The fourth-order valence-electron chi connectivity index (χ4n) is 1.17. The lowest BCUT2D eigenvalue weighted by Crippen LogP contribution is -2.21. The molecule has 152 valence electrons. The summed E-state index contributed by atoms with van der Waals surface area (Å²) in [5, 5.41) is 4.19. The number of carbonyl (C=O) groups excluding carboxylic acids is 1. The van der Waals surface area contributed by atoms with Gasteiger partial charge in [0.2, 0.25) is 0 Å². The van der Waals surface area contributed by atoms with Crippen molar-refractivity contribution in [1.29, 1.82) is 0 Å². The summed E-state index contributed by atoms with van der Waals surface area (Å²) in [4.78, 5) is 29.6. The van der Waals surface area contributed by atoms with Crippen LogP contribution in [0.2, 0.25) is 0 Å². The van der Waals surface area contributed by atoms with Crippen LogP contribution in [0.1, 0.15) is 88.0 Å². The summed E-state index contributed by atoms with van der Waals surface area (Å²) in [6, 6.07) is 0. The second-order valence-corrected chi connectivity index (χ2v) is 7.84. The molecule has 0 spiro atoms. The van der Waals surface area contributed by atoms with E-state index in [9.17, 15) is 4.79 Å². The van der Waals surface area contributed by atoms with Crippen molar-refractivity contribution in [3.05, 3.63) is 0 Å². The van der Waals surface area contributed by atoms with Crippen LogP contribution in [0.15, 0.2) is 0 Å². The van der Waals surface area contributed by atoms with Gasteiger partial charge in [-0.1, -0.05) is 26.2 Å². The maximum absolute atomic E-state index is 10.7. The zero-order valence-electron chi connectivity index (χ0n) is 17.5. The van der Waals surface area contributed by atoms with Gasteiger partial charge in [0.25, 0.3) is 0 Å². The Kier molecular flexibility index (Phi) is 15.1. The number of ether oxygens (including phenoxy) is 1. The summed E-state index contributed by atoms with van der Waals surface area (Å²) < 4.78 is 4.60. The third-order valence-corrected chi connectivity index (χ3v) is 2.11. The molecule has 25 heavy (non-hydrogen) atoms. The molecule has 0 N–H and O–H groups in total. The molecule has 0 atom stereocenters. The van der Waals surface area contributed by atoms with E-state index in [1.165, 1.54) is 19.3 Å². The molecule has 0 aromatic carbocycles. The largest absolute Gasteiger partial charge is 0.542 e. The summed E-state index contributed by atoms with van der Waals surface area (Å²) >= 11 is 0. The van der Waals surface area contributed by atoms with Crippen molar-refractivity contribution < 1.29 is 34.1 Å². The Balaban J connectivity index is 0. The zero-order valence-corrected chi connectivity index (χ0v) is 17.5. The van der Waals surface area contributed by atoms with Gasteiger partial charge >= 0.3 is 6.16 Å². The fourth-order valence-corrected chi connectivity index (χ4v) is 1.17. The molecule has 0 bridgehead atoms. The maximum Gasteiger partial charge on any atom is 0.542 e. The lowest BCUT2D eigenvalue weighted by atomic mass is 10.2. The van der Waals surface area contributed by atoms with Gasteiger partial charge in [0, 0.05) is 0 Å². The van der Waals surface area contributed by atoms with Crippen LogP contribution in [-0.4, -0.2) is 30.1 Å². The van der Waals surface area contributed by atoms with Gasteiger partial charge in [-0.05, 0) is 66.8 Å². The molecular formula is C18H38O7. The molecule has 0 saturated heterocycles. The molecule has 0 unspecified atom stereocenters. The van der Waals surface area contributed by atoms with Crippen molar-refractivity contribution in [1.82, 2.24) is 0 Å². The van der Waals surface area contributed by atoms with Gasteiger partial charge in [0.1, 0.15) is 0 Å². The zero-order chi connectivity index (χ0) is 19.9. The molecule has 0 saturated carbocycles. The normalized spacial score (nSPS) is 11.8. The summed E-state index contributed by atoms with van der Waals surface area (Å²) in [6.45, 7) is 17.5. The molecule has 7 heteroatoms. The number of hydrogen-bond acceptors (Lipinski definition) is 7. The highest BCUT2D eigenvalue weighted by Crippen LogP contribution is 2.08. The standard InChI is InChI=1S/C10H22O2.C8H16O5/c1-5-6-7-8-9-11-12-10(2,3)4;1-6(2)10-7(9)11-13-12-8(3,4)5/h5-9H2,1-4H3;6H,1-5H3. The third-order valence-electron chi connectivity index (χ3n) is 2.11. The summed E-state index contributed by atoms with van der Waals surface area (Å²) in [5.74, 6) is 0. The highest BCUT2D eigenvalue weighted by atomic mass is 17.5. The van der Waals surface area contributed by atoms with E-state index in [0.29, 0.717) is 0 Å². The molecular weight excluding hydrogens is 328 g/mol. The van der Waals surface area contributed by atoms with Gasteiger partial charge < -0.3 is 4.74 Å². The molecule has 0 aliphatic carbocycles. The SMILES string of the molecule is CC(C)OC(=O)OOOC(C)(C)C.CCCCCCOOC(C)(C)C. The Hall–Kier alpha value is -0.890. The highest BCUT2D eigenvalue weighted by Gasteiger charge is 2.15. The first kappa shape index (κ1) is 26.3. The van der Waals surface area contributed by atoms with Crippen LogP contribution in [0.4, 0.5) is 4.79 Å². The van der Waals surface area contributed by atoms with Crippen LogP contribution in [-0.2, 0) is 29.3 Å². The molecule has 0 aliphatic heterocycles. The summed E-state index contributed by atoms with van der Waals surface area (Å²) in [6.07, 6.45) is 3.73. The van der Waals surface area contributed by atoms with Crippen molar-refractivity contribution in [2.75, 3.05) is 6.61 Å². The lowest BCUT2D eigenvalue weighted by molar-refractivity contribution is -0.514. The predicted molar refractivity (Wildman–Crippen MR) is 95.6 cm³/mol. The van der Waals surface area contributed by atoms with Crippen LogP contribution >= 0.6 is 0 Å². The number of rotatable bonds is 9. The number of hydrogen-bond donors (Lipinski definition) is 0. The van der Waals surface area contributed by atoms with Gasteiger partial charge in [-0.3, -0.25) is 0 Å². The Bertz CT molecular complexity index is 316. The predicted octanol–water partition coefficient (Wildman–Crippen LogP) is 5.52.